The molecule has 1 N–H and O–H groups in total. The number of piperidine rings is 1. The van der Waals surface area contributed by atoms with Crippen LogP contribution in [0, 0.1) is 5.82 Å². The molecule has 0 unspecified atom stereocenters. The molecule has 0 bridgehead atoms. The number of likely N-dealkylation sites (tertiary alicyclic amines) is 1. The number of halogens is 1. The van der Waals surface area contributed by atoms with Crippen LogP contribution in [0.2, 0.25) is 0 Å². The first-order valence-corrected chi connectivity index (χ1v) is 12.4. The quantitative estimate of drug-likeness (QED) is 0.732. The number of benzene rings is 1. The molecule has 2 aliphatic rings. The molecule has 30 heavy (non-hydrogen) atoms. The van der Waals surface area contributed by atoms with Gasteiger partial charge < -0.3 is 14.4 Å². The van der Waals surface area contributed by atoms with E-state index in [0.717, 1.165) is 37.5 Å². The Morgan fingerprint density at radius 2 is 1.90 bits per heavy atom. The second kappa shape index (κ2) is 10.1. The smallest absolute Gasteiger partial charge is 0.409 e. The van der Waals surface area contributed by atoms with E-state index in [0.29, 0.717) is 19.4 Å². The Kier molecular flexibility index (Phi) is 7.70. The van der Waals surface area contributed by atoms with Gasteiger partial charge in [-0.05, 0) is 56.1 Å². The fourth-order valence-corrected chi connectivity index (χ4v) is 5.43. The van der Waals surface area contributed by atoms with Crippen molar-refractivity contribution in [2.75, 3.05) is 26.5 Å². The molecule has 0 radical (unpaired) electrons. The third-order valence-electron chi connectivity index (χ3n) is 6.08. The normalized spacial score (nSPS) is 27.6. The van der Waals surface area contributed by atoms with Crippen LogP contribution >= 0.6 is 0 Å². The number of hydrogen-bond donors (Lipinski definition) is 1. The lowest BCUT2D eigenvalue weighted by atomic mass is 9.82. The van der Waals surface area contributed by atoms with Crippen LogP contribution < -0.4 is 4.72 Å². The number of methoxy groups -OCH3 is 1. The third-order valence-corrected chi connectivity index (χ3v) is 6.81. The summed E-state index contributed by atoms with van der Waals surface area (Å²) in [5.74, 6) is 0.0273. The van der Waals surface area contributed by atoms with Crippen LogP contribution in [0.3, 0.4) is 0 Å². The largest absolute Gasteiger partial charge is 0.453 e. The predicted molar refractivity (Wildman–Crippen MR) is 111 cm³/mol. The molecule has 1 aromatic carbocycles. The highest BCUT2D eigenvalue weighted by molar-refractivity contribution is 7.88. The summed E-state index contributed by atoms with van der Waals surface area (Å²) < 4.78 is 51.3. The minimum Gasteiger partial charge on any atom is -0.453 e. The molecule has 2 atom stereocenters. The molecular formula is C21H31FN2O5S. The van der Waals surface area contributed by atoms with Gasteiger partial charge in [-0.2, -0.15) is 0 Å². The summed E-state index contributed by atoms with van der Waals surface area (Å²) in [5.41, 5.74) is 0.762. The van der Waals surface area contributed by atoms with Gasteiger partial charge >= 0.3 is 6.09 Å². The van der Waals surface area contributed by atoms with Gasteiger partial charge in [0.15, 0.2) is 0 Å². The van der Waals surface area contributed by atoms with E-state index in [1.807, 2.05) is 12.1 Å². The number of carbonyl (C=O) groups is 1. The summed E-state index contributed by atoms with van der Waals surface area (Å²) in [6.07, 6.45) is 5.24. The summed E-state index contributed by atoms with van der Waals surface area (Å²) in [6.45, 7) is 0.736. The van der Waals surface area contributed by atoms with Gasteiger partial charge in [-0.3, -0.25) is 0 Å². The molecule has 7 nitrogen and oxygen atoms in total. The molecule has 1 aliphatic carbocycles. The van der Waals surface area contributed by atoms with E-state index in [4.69, 9.17) is 9.47 Å². The standard InChI is InChI=1S/C21H31FN2O5S/c1-28-21(25)24-13-5-8-19(23-30(2,26)27)20(24)14-29-16-11-9-15(10-12-16)17-6-3-4-7-18(17)22/h3-4,6-7,15-16,19-20,23H,5,8-14H2,1-2H3/t15?,16?,19-,20-/m0/s1. The summed E-state index contributed by atoms with van der Waals surface area (Å²) in [6, 6.07) is 6.07. The van der Waals surface area contributed by atoms with Gasteiger partial charge in [0, 0.05) is 12.6 Å². The van der Waals surface area contributed by atoms with Crippen LogP contribution in [0.4, 0.5) is 9.18 Å². The summed E-state index contributed by atoms with van der Waals surface area (Å²) in [5, 5.41) is 0. The molecule has 2 fully saturated rings. The summed E-state index contributed by atoms with van der Waals surface area (Å²) in [4.78, 5) is 13.8. The van der Waals surface area contributed by atoms with Crippen molar-refractivity contribution < 1.29 is 27.1 Å². The summed E-state index contributed by atoms with van der Waals surface area (Å²) in [7, 11) is -2.10. The average molecular weight is 443 g/mol. The fraction of sp³-hybridized carbons (Fsp3) is 0.667. The number of amides is 1. The van der Waals surface area contributed by atoms with E-state index in [-0.39, 0.29) is 24.4 Å². The first kappa shape index (κ1) is 23.0. The number of nitrogens with one attached hydrogen (secondary N) is 1. The van der Waals surface area contributed by atoms with Gasteiger partial charge in [0.05, 0.1) is 32.1 Å². The lowest BCUT2D eigenvalue weighted by Gasteiger charge is -2.41. The van der Waals surface area contributed by atoms with Crippen molar-refractivity contribution in [3.8, 4) is 0 Å². The van der Waals surface area contributed by atoms with Gasteiger partial charge in [-0.1, -0.05) is 18.2 Å². The Morgan fingerprint density at radius 3 is 2.53 bits per heavy atom. The average Bonchev–Trinajstić information content (AvgIpc) is 2.72. The van der Waals surface area contributed by atoms with Crippen LogP contribution in [0.15, 0.2) is 24.3 Å². The Morgan fingerprint density at radius 1 is 1.20 bits per heavy atom. The molecule has 1 aliphatic heterocycles. The topological polar surface area (TPSA) is 84.9 Å². The second-order valence-electron chi connectivity index (χ2n) is 8.20. The van der Waals surface area contributed by atoms with Crippen molar-refractivity contribution in [1.82, 2.24) is 9.62 Å². The van der Waals surface area contributed by atoms with E-state index < -0.39 is 28.2 Å². The molecular weight excluding hydrogens is 411 g/mol. The van der Waals surface area contributed by atoms with Crippen molar-refractivity contribution in [3.05, 3.63) is 35.6 Å². The number of hydrogen-bond acceptors (Lipinski definition) is 5. The number of rotatable bonds is 6. The molecule has 3 rings (SSSR count). The number of sulfonamides is 1. The zero-order chi connectivity index (χ0) is 21.7. The van der Waals surface area contributed by atoms with Crippen LogP contribution in [-0.4, -0.2) is 64.1 Å². The first-order valence-electron chi connectivity index (χ1n) is 10.5. The van der Waals surface area contributed by atoms with Crippen molar-refractivity contribution in [2.45, 2.75) is 62.6 Å². The van der Waals surface area contributed by atoms with Gasteiger partial charge in [-0.25, -0.2) is 22.3 Å². The van der Waals surface area contributed by atoms with E-state index in [9.17, 15) is 17.6 Å². The highest BCUT2D eigenvalue weighted by atomic mass is 32.2. The first-order chi connectivity index (χ1) is 14.3. The highest BCUT2D eigenvalue weighted by Crippen LogP contribution is 2.35. The van der Waals surface area contributed by atoms with Crippen molar-refractivity contribution in [1.29, 1.82) is 0 Å². The monoisotopic (exact) mass is 442 g/mol. The molecule has 168 valence electrons. The Labute approximate surface area is 178 Å². The SMILES string of the molecule is COC(=O)N1CCC[C@H](NS(C)(=O)=O)[C@@H]1COC1CCC(c2ccccc2F)CC1. The lowest BCUT2D eigenvalue weighted by molar-refractivity contribution is -0.0246. The zero-order valence-electron chi connectivity index (χ0n) is 17.6. The minimum atomic E-state index is -3.42. The van der Waals surface area contributed by atoms with Crippen LogP contribution in [0.5, 0.6) is 0 Å². The molecule has 0 aromatic heterocycles. The second-order valence-corrected chi connectivity index (χ2v) is 9.98. The molecule has 1 aromatic rings. The van der Waals surface area contributed by atoms with Gasteiger partial charge in [0.1, 0.15) is 5.82 Å². The molecule has 1 amide bonds. The van der Waals surface area contributed by atoms with Gasteiger partial charge in [-0.15, -0.1) is 0 Å². The minimum absolute atomic E-state index is 0.00771. The lowest BCUT2D eigenvalue weighted by Crippen LogP contribution is -2.59. The van der Waals surface area contributed by atoms with Crippen molar-refractivity contribution in [2.24, 2.45) is 0 Å². The molecule has 0 spiro atoms. The highest BCUT2D eigenvalue weighted by Gasteiger charge is 2.37. The molecule has 1 saturated carbocycles. The number of carbonyl (C=O) groups excluding carboxylic acids is 1. The number of nitrogens with zero attached hydrogens (tertiary/aromatic N) is 1. The van der Waals surface area contributed by atoms with E-state index in [2.05, 4.69) is 4.72 Å². The van der Waals surface area contributed by atoms with Gasteiger partial charge in [0.25, 0.3) is 0 Å². The Hall–Kier alpha value is -1.71. The zero-order valence-corrected chi connectivity index (χ0v) is 18.4. The fourth-order valence-electron chi connectivity index (χ4n) is 4.60. The van der Waals surface area contributed by atoms with Gasteiger partial charge in [0.2, 0.25) is 10.0 Å². The Bertz CT molecular complexity index is 826. The molecule has 1 heterocycles. The van der Waals surface area contributed by atoms with E-state index in [1.54, 1.807) is 11.0 Å². The molecule has 1 saturated heterocycles. The van der Waals surface area contributed by atoms with Crippen molar-refractivity contribution >= 4 is 16.1 Å². The predicted octanol–water partition coefficient (Wildman–Crippen LogP) is 3.02. The van der Waals surface area contributed by atoms with Crippen LogP contribution in [0.25, 0.3) is 0 Å². The van der Waals surface area contributed by atoms with E-state index in [1.165, 1.54) is 13.2 Å². The Balaban J connectivity index is 1.60. The van der Waals surface area contributed by atoms with Crippen LogP contribution in [-0.2, 0) is 19.5 Å². The van der Waals surface area contributed by atoms with E-state index >= 15 is 0 Å². The third kappa shape index (κ3) is 5.92. The maximum absolute atomic E-state index is 14.1. The van der Waals surface area contributed by atoms with Crippen molar-refractivity contribution in [3.63, 3.8) is 0 Å². The molecule has 9 heteroatoms. The maximum atomic E-state index is 14.1. The maximum Gasteiger partial charge on any atom is 0.409 e. The number of ether oxygens (including phenoxy) is 2. The van der Waals surface area contributed by atoms with Crippen LogP contribution in [0.1, 0.15) is 50.0 Å². The summed E-state index contributed by atoms with van der Waals surface area (Å²) >= 11 is 0.